The first-order valence-electron chi connectivity index (χ1n) is 46.1. The Bertz CT molecular complexity index is 5930. The Kier molecular flexibility index (Phi) is 43.2. The van der Waals surface area contributed by atoms with Crippen LogP contribution in [-0.4, -0.2) is 332 Å². The standard InChI is InChI=1S/C51H84N8O13.C15H18N6O4S.C12H14N6O3S.C11H12N6O.C3H4O/c1-14-40-51(10,66)44(62)33(6)57(12)24-29(2)22-49(8,65)46(31(4)43(32(5)47(64)70-40)71-41-23-50(9,67-13)45(63)34(7)69-41)72-48-42(61)39(21-30(3)68-48)56(11)20-19-36-26-58(54-52-36)25-35-15-17-38(18-16-35)59-27-37(28-60)53-55-59;1-26(23,24)25-7-6-13-9-20(18-16-13)8-12-2-4-15(5-3-12)21-10-14(11-22)17-19-21;1-22(19,20)21-7-6-12-9-18(17-15-12)8-10-2-4-11(5-3-10)14-16-13;12-15-13-10-3-1-9(2-4-10)7-17-8-11(5-6-18)14-16-17;1-2-3-4/h15-18,26-27,29-34,39-46,48,60-63,65-66H,14,19-25,28H2,1-13H3;2-5,9-10,22H,6-8,11H2,1H3;2-5,9H,6-8H2,1H3;1-4,8,18H,5-7H2;1,4H,3H2/t29-,30-,31+,32-,33-,34+,39+,40-,41+,42-,43+,44-,45+,46-,48+,49-,50-,51-;;;;/m1..../s1. The predicted octanol–water partition coefficient (Wildman–Crippen LogP) is 5.35. The molecule has 3 aliphatic heterocycles. The molecule has 6 aromatic heterocycles. The summed E-state index contributed by atoms with van der Waals surface area (Å²) in [4.78, 5) is 23.9. The van der Waals surface area contributed by atoms with Gasteiger partial charge in [-0.05, 0) is 145 Å². The SMILES string of the molecule is C#CCO.CC[C@H]1OC(=O)[C@H](C)[C@@H](O[C@H]2C[C@@](C)(OC)[C@@H](O)[C@H](C)O2)[C@H](C)[C@@H](O[C@@H]2O[C@H](C)C[C@H](N(C)CCc3cn(Cc4ccc(-n5cc(CO)nn5)cc4)nn3)[C@H]2O)[C@](C)(O)C[C@@H](C)CN(C)[C@H](C)[C@@H](O)[C@]1(C)O.CS(=O)(=O)OCCc1cn(Cc2ccc(-n3cc(CO)nn3)cc2)nn1.CS(=O)(=O)OCCc1cn(Cc2ccc(N=[N+]=[N-])cc2)nn1.[N-]=[N+]=Nc1ccc(Cn2cc(CCO)nn2)cc1. The summed E-state index contributed by atoms with van der Waals surface area (Å²) in [6.45, 7) is 20.3. The third-order valence-electron chi connectivity index (χ3n) is 24.3. The molecule has 13 rings (SSSR count). The molecule has 3 saturated heterocycles. The highest BCUT2D eigenvalue weighted by Gasteiger charge is 2.53. The third kappa shape index (κ3) is 34.4. The summed E-state index contributed by atoms with van der Waals surface area (Å²) >= 11 is 0. The largest absolute Gasteiger partial charge is 0.459 e. The Balaban J connectivity index is 0.000000256. The zero-order valence-corrected chi connectivity index (χ0v) is 84.0. The predicted molar refractivity (Wildman–Crippen MR) is 514 cm³/mol. The second kappa shape index (κ2) is 53.8. The number of esters is 1. The molecule has 3 fully saturated rings. The maximum Gasteiger partial charge on any atom is 0.311 e. The second-order valence-corrected chi connectivity index (χ2v) is 39.4. The first-order valence-corrected chi connectivity index (χ1v) is 49.7. The fraction of sp³-hybridized carbons (Fsp3) is 0.576. The van der Waals surface area contributed by atoms with E-state index in [0.717, 1.165) is 57.5 Å². The molecule has 774 valence electrons. The summed E-state index contributed by atoms with van der Waals surface area (Å²) in [7, 11) is -1.61. The van der Waals surface area contributed by atoms with Crippen LogP contribution >= 0.6 is 0 Å². The minimum Gasteiger partial charge on any atom is -0.459 e. The van der Waals surface area contributed by atoms with E-state index in [9.17, 15) is 52.3 Å². The van der Waals surface area contributed by atoms with Gasteiger partial charge in [0.1, 0.15) is 48.0 Å². The van der Waals surface area contributed by atoms with Crippen molar-refractivity contribution < 1.29 is 104 Å². The third-order valence-corrected chi connectivity index (χ3v) is 25.5. The molecule has 0 amide bonds. The van der Waals surface area contributed by atoms with Crippen molar-refractivity contribution in [2.24, 2.45) is 28.0 Å². The van der Waals surface area contributed by atoms with Gasteiger partial charge in [-0.15, -0.1) is 37.0 Å². The Morgan fingerprint density at radius 2 is 1.01 bits per heavy atom. The normalized spacial score (nSPS) is 25.1. The summed E-state index contributed by atoms with van der Waals surface area (Å²) in [5.41, 5.74) is 22.7. The Morgan fingerprint density at radius 3 is 1.41 bits per heavy atom. The van der Waals surface area contributed by atoms with Crippen molar-refractivity contribution in [2.45, 2.75) is 250 Å². The van der Waals surface area contributed by atoms with E-state index in [0.29, 0.717) is 106 Å². The number of hydrogen-bond donors (Lipinski definition) is 9. The Labute approximate surface area is 824 Å². The number of aliphatic hydroxyl groups excluding tert-OH is 7. The molecule has 48 nitrogen and oxygen atoms in total. The van der Waals surface area contributed by atoms with Crippen LogP contribution in [0.1, 0.15) is 151 Å². The van der Waals surface area contributed by atoms with Crippen molar-refractivity contribution in [3.05, 3.63) is 212 Å². The van der Waals surface area contributed by atoms with Crippen molar-refractivity contribution in [1.29, 1.82) is 0 Å². The summed E-state index contributed by atoms with van der Waals surface area (Å²) in [5, 5.41) is 150. The molecule has 0 spiro atoms. The van der Waals surface area contributed by atoms with Gasteiger partial charge in [-0.1, -0.05) is 141 Å². The van der Waals surface area contributed by atoms with Crippen molar-refractivity contribution in [3.8, 4) is 23.7 Å². The molecule has 142 heavy (non-hydrogen) atoms. The molecule has 0 saturated carbocycles. The van der Waals surface area contributed by atoms with Gasteiger partial charge >= 0.3 is 5.97 Å². The number of aliphatic hydroxyl groups is 9. The van der Waals surface area contributed by atoms with Crippen LogP contribution in [0.4, 0.5) is 11.4 Å². The van der Waals surface area contributed by atoms with Crippen LogP contribution in [0.3, 0.4) is 0 Å². The average molecular weight is 2020 g/mol. The summed E-state index contributed by atoms with van der Waals surface area (Å²) < 4.78 is 101. The zero-order valence-electron chi connectivity index (χ0n) is 82.4. The van der Waals surface area contributed by atoms with Gasteiger partial charge in [0.2, 0.25) is 0 Å². The fourth-order valence-electron chi connectivity index (χ4n) is 16.6. The van der Waals surface area contributed by atoms with Crippen molar-refractivity contribution in [3.63, 3.8) is 0 Å². The number of hydrogen-bond acceptors (Lipinski definition) is 38. The maximum absolute atomic E-state index is 14.5. The molecule has 50 heteroatoms. The van der Waals surface area contributed by atoms with Gasteiger partial charge < -0.3 is 84.2 Å². The van der Waals surface area contributed by atoms with Crippen molar-refractivity contribution in [2.75, 3.05) is 73.2 Å². The van der Waals surface area contributed by atoms with Crippen molar-refractivity contribution in [1.82, 2.24) is 99.8 Å². The number of benzene rings is 4. The Hall–Kier alpha value is -11.5. The van der Waals surface area contributed by atoms with E-state index >= 15 is 0 Å². The highest BCUT2D eigenvalue weighted by Crippen LogP contribution is 2.41. The first kappa shape index (κ1) is 114. The number of carbonyl (C=O) groups is 1. The Morgan fingerprint density at radius 1 is 0.592 bits per heavy atom. The van der Waals surface area contributed by atoms with Gasteiger partial charge in [-0.25, -0.2) is 28.1 Å². The van der Waals surface area contributed by atoms with Gasteiger partial charge in [-0.2, -0.15) is 16.8 Å². The number of likely N-dealkylation sites (N-methyl/N-ethyl adjacent to an activating group) is 2. The number of ether oxygens (including phenoxy) is 6. The number of carbonyl (C=O) groups excluding carboxylic acids is 1. The number of nitrogens with zero attached hydrogens (tertiary/aromatic N) is 26. The highest BCUT2D eigenvalue weighted by molar-refractivity contribution is 7.86. The van der Waals surface area contributed by atoms with Gasteiger partial charge in [0.25, 0.3) is 20.2 Å². The van der Waals surface area contributed by atoms with Crippen LogP contribution in [0.2, 0.25) is 0 Å². The monoisotopic (exact) mass is 2020 g/mol. The van der Waals surface area contributed by atoms with Gasteiger partial charge in [0.15, 0.2) is 12.6 Å². The minimum atomic E-state index is -3.44. The molecular formula is C92H132N26O22S2. The molecule has 10 aromatic rings. The number of methoxy groups -OCH3 is 1. The quantitative estimate of drug-likeness (QED) is 0.00613. The lowest BCUT2D eigenvalue weighted by Crippen LogP contribution is -2.61. The number of terminal acetylenes is 1. The van der Waals surface area contributed by atoms with Crippen LogP contribution in [-0.2, 0) is 127 Å². The fourth-order valence-corrected chi connectivity index (χ4v) is 17.4. The van der Waals surface area contributed by atoms with E-state index < -0.39 is 122 Å². The van der Waals surface area contributed by atoms with E-state index in [2.05, 4.69) is 97.4 Å². The maximum atomic E-state index is 14.5. The van der Waals surface area contributed by atoms with Crippen LogP contribution < -0.4 is 0 Å². The zero-order chi connectivity index (χ0) is 104. The average Bonchev–Trinajstić information content (AvgIpc) is 0.804. The lowest BCUT2D eigenvalue weighted by molar-refractivity contribution is -0.318. The van der Waals surface area contributed by atoms with E-state index in [1.165, 1.54) is 14.0 Å². The lowest BCUT2D eigenvalue weighted by Gasteiger charge is -2.49. The summed E-state index contributed by atoms with van der Waals surface area (Å²) in [6.07, 6.45) is 9.75. The molecule has 3 aliphatic rings. The van der Waals surface area contributed by atoms with E-state index in [1.807, 2.05) is 125 Å². The van der Waals surface area contributed by atoms with Crippen molar-refractivity contribution >= 4 is 37.6 Å². The first-order chi connectivity index (χ1) is 67.4. The molecule has 0 radical (unpaired) electrons. The van der Waals surface area contributed by atoms with Crippen LogP contribution in [0.5, 0.6) is 0 Å². The van der Waals surface area contributed by atoms with Gasteiger partial charge in [0.05, 0.1) is 153 Å². The number of cyclic esters (lactones) is 1. The molecule has 9 heterocycles. The summed E-state index contributed by atoms with van der Waals surface area (Å²) in [5.74, 6) is -0.808. The highest BCUT2D eigenvalue weighted by atomic mass is 32.2. The van der Waals surface area contributed by atoms with Crippen LogP contribution in [0, 0.1) is 30.1 Å². The van der Waals surface area contributed by atoms with Gasteiger partial charge in [0, 0.05) is 123 Å². The summed E-state index contributed by atoms with van der Waals surface area (Å²) in [6, 6.07) is 28.8. The molecule has 9 N–H and O–H groups in total. The molecule has 18 atom stereocenters. The van der Waals surface area contributed by atoms with Crippen LogP contribution in [0.15, 0.2) is 144 Å². The number of aromatic nitrogens is 18. The minimum absolute atomic E-state index is 0.0401. The van der Waals surface area contributed by atoms with E-state index in [1.54, 1.807) is 125 Å². The molecule has 0 unspecified atom stereocenters. The smallest absolute Gasteiger partial charge is 0.311 e. The number of azide groups is 2. The second-order valence-electron chi connectivity index (χ2n) is 36.1. The van der Waals surface area contributed by atoms with Crippen LogP contribution in [0.25, 0.3) is 32.3 Å². The topological polar surface area (TPSA) is 630 Å². The molecule has 4 aromatic carbocycles. The molecular weight excluding hydrogens is 1890 g/mol. The molecule has 0 aliphatic carbocycles. The lowest BCUT2D eigenvalue weighted by atomic mass is 9.77. The van der Waals surface area contributed by atoms with E-state index in [-0.39, 0.29) is 70.9 Å². The molecule has 0 bridgehead atoms. The van der Waals surface area contributed by atoms with E-state index in [4.69, 9.17) is 59.0 Å². The van der Waals surface area contributed by atoms with Gasteiger partial charge in [-0.3, -0.25) is 13.2 Å². The number of rotatable bonds is 34.